The van der Waals surface area contributed by atoms with Crippen molar-refractivity contribution in [3.63, 3.8) is 0 Å². The van der Waals surface area contributed by atoms with Gasteiger partial charge in [-0.05, 0) is 19.4 Å². The molecule has 0 aliphatic carbocycles. The highest BCUT2D eigenvalue weighted by molar-refractivity contribution is 7.13. The molecular formula is C13H22N4S. The Kier molecular flexibility index (Phi) is 6.10. The highest BCUT2D eigenvalue weighted by Gasteiger charge is 2.13. The SMILES string of the molecule is CC(C)CNCc1csc(N(C)C(C)CC#N)n1. The summed E-state index contributed by atoms with van der Waals surface area (Å²) in [4.78, 5) is 6.65. The largest absolute Gasteiger partial charge is 0.347 e. The molecule has 18 heavy (non-hydrogen) atoms. The van der Waals surface area contributed by atoms with Crippen LogP contribution in [0.2, 0.25) is 0 Å². The molecular weight excluding hydrogens is 244 g/mol. The molecule has 1 rings (SSSR count). The van der Waals surface area contributed by atoms with Crippen LogP contribution in [0.5, 0.6) is 0 Å². The summed E-state index contributed by atoms with van der Waals surface area (Å²) in [6.07, 6.45) is 0.525. The Morgan fingerprint density at radius 3 is 2.83 bits per heavy atom. The lowest BCUT2D eigenvalue weighted by Crippen LogP contribution is -2.28. The van der Waals surface area contributed by atoms with Crippen LogP contribution in [0.3, 0.4) is 0 Å². The van der Waals surface area contributed by atoms with Crippen LogP contribution in [0.4, 0.5) is 5.13 Å². The van der Waals surface area contributed by atoms with Crippen molar-refractivity contribution in [1.29, 1.82) is 5.26 Å². The van der Waals surface area contributed by atoms with E-state index in [0.29, 0.717) is 12.3 Å². The minimum Gasteiger partial charge on any atom is -0.347 e. The van der Waals surface area contributed by atoms with Crippen molar-refractivity contribution in [1.82, 2.24) is 10.3 Å². The van der Waals surface area contributed by atoms with Gasteiger partial charge < -0.3 is 10.2 Å². The zero-order chi connectivity index (χ0) is 13.5. The molecule has 0 spiro atoms. The molecule has 0 saturated heterocycles. The smallest absolute Gasteiger partial charge is 0.185 e. The van der Waals surface area contributed by atoms with Crippen LogP contribution in [0, 0.1) is 17.2 Å². The Labute approximate surface area is 114 Å². The first-order valence-corrected chi connectivity index (χ1v) is 7.17. The second-order valence-corrected chi connectivity index (χ2v) is 5.80. The van der Waals surface area contributed by atoms with Gasteiger partial charge in [0.05, 0.1) is 18.2 Å². The van der Waals surface area contributed by atoms with Crippen LogP contribution < -0.4 is 10.2 Å². The summed E-state index contributed by atoms with van der Waals surface area (Å²) in [6, 6.07) is 2.40. The molecule has 0 amide bonds. The second-order valence-electron chi connectivity index (χ2n) is 4.97. The van der Waals surface area contributed by atoms with E-state index < -0.39 is 0 Å². The summed E-state index contributed by atoms with van der Waals surface area (Å²) in [6.45, 7) is 8.25. The summed E-state index contributed by atoms with van der Waals surface area (Å²) in [5, 5.41) is 15.2. The third-order valence-electron chi connectivity index (χ3n) is 2.75. The van der Waals surface area contributed by atoms with E-state index in [-0.39, 0.29) is 6.04 Å². The van der Waals surface area contributed by atoms with Gasteiger partial charge in [0, 0.05) is 25.0 Å². The van der Waals surface area contributed by atoms with Crippen molar-refractivity contribution in [2.45, 2.75) is 39.8 Å². The van der Waals surface area contributed by atoms with Gasteiger partial charge in [-0.1, -0.05) is 13.8 Å². The van der Waals surface area contributed by atoms with Crippen LogP contribution in [0.15, 0.2) is 5.38 Å². The maximum atomic E-state index is 8.70. The van der Waals surface area contributed by atoms with Gasteiger partial charge in [-0.25, -0.2) is 4.98 Å². The summed E-state index contributed by atoms with van der Waals surface area (Å²) >= 11 is 1.64. The van der Waals surface area contributed by atoms with Gasteiger partial charge >= 0.3 is 0 Å². The van der Waals surface area contributed by atoms with E-state index in [2.05, 4.69) is 40.5 Å². The molecule has 0 saturated carbocycles. The third-order valence-corrected chi connectivity index (χ3v) is 3.73. The predicted molar refractivity (Wildman–Crippen MR) is 76.8 cm³/mol. The maximum Gasteiger partial charge on any atom is 0.185 e. The van der Waals surface area contributed by atoms with Crippen molar-refractivity contribution >= 4 is 16.5 Å². The molecule has 1 unspecified atom stereocenters. The average Bonchev–Trinajstić information content (AvgIpc) is 2.76. The monoisotopic (exact) mass is 266 g/mol. The highest BCUT2D eigenvalue weighted by atomic mass is 32.1. The number of thiazole rings is 1. The van der Waals surface area contributed by atoms with Gasteiger partial charge in [0.2, 0.25) is 0 Å². The van der Waals surface area contributed by atoms with Crippen LogP contribution in [-0.4, -0.2) is 24.6 Å². The fraction of sp³-hybridized carbons (Fsp3) is 0.692. The molecule has 0 aromatic carbocycles. The van der Waals surface area contributed by atoms with Crippen LogP contribution in [0.25, 0.3) is 0 Å². The van der Waals surface area contributed by atoms with E-state index in [9.17, 15) is 0 Å². The van der Waals surface area contributed by atoms with E-state index in [1.807, 2.05) is 14.0 Å². The number of nitrogens with one attached hydrogen (secondary N) is 1. The number of hydrogen-bond donors (Lipinski definition) is 1. The zero-order valence-corrected chi connectivity index (χ0v) is 12.4. The minimum atomic E-state index is 0.206. The van der Waals surface area contributed by atoms with Crippen molar-refractivity contribution in [2.75, 3.05) is 18.5 Å². The average molecular weight is 266 g/mol. The molecule has 0 radical (unpaired) electrons. The van der Waals surface area contributed by atoms with Gasteiger partial charge in [-0.3, -0.25) is 0 Å². The van der Waals surface area contributed by atoms with Crippen LogP contribution in [0.1, 0.15) is 32.9 Å². The van der Waals surface area contributed by atoms with E-state index in [1.54, 1.807) is 11.3 Å². The normalized spacial score (nSPS) is 12.4. The first kappa shape index (κ1) is 14.9. The minimum absolute atomic E-state index is 0.206. The summed E-state index contributed by atoms with van der Waals surface area (Å²) in [5.74, 6) is 0.654. The lowest BCUT2D eigenvalue weighted by Gasteiger charge is -2.21. The van der Waals surface area contributed by atoms with E-state index in [0.717, 1.165) is 23.9 Å². The molecule has 4 nitrogen and oxygen atoms in total. The van der Waals surface area contributed by atoms with Crippen LogP contribution >= 0.6 is 11.3 Å². The lowest BCUT2D eigenvalue weighted by atomic mass is 10.2. The molecule has 0 aliphatic rings. The molecule has 0 aliphatic heterocycles. The first-order valence-electron chi connectivity index (χ1n) is 6.29. The fourth-order valence-electron chi connectivity index (χ4n) is 1.49. The highest BCUT2D eigenvalue weighted by Crippen LogP contribution is 2.21. The molecule has 1 heterocycles. The topological polar surface area (TPSA) is 52.0 Å². The summed E-state index contributed by atoms with van der Waals surface area (Å²) in [7, 11) is 1.99. The molecule has 1 aromatic heterocycles. The molecule has 5 heteroatoms. The third kappa shape index (κ3) is 4.63. The summed E-state index contributed by atoms with van der Waals surface area (Å²) < 4.78 is 0. The zero-order valence-electron chi connectivity index (χ0n) is 11.6. The Balaban J connectivity index is 2.50. The van der Waals surface area contributed by atoms with Gasteiger partial charge in [-0.2, -0.15) is 5.26 Å². The van der Waals surface area contributed by atoms with Gasteiger partial charge in [0.1, 0.15) is 0 Å². The van der Waals surface area contributed by atoms with Gasteiger partial charge in [0.25, 0.3) is 0 Å². The second kappa shape index (κ2) is 7.34. The molecule has 1 atom stereocenters. The molecule has 1 aromatic rings. The maximum absolute atomic E-state index is 8.70. The van der Waals surface area contributed by atoms with E-state index >= 15 is 0 Å². The van der Waals surface area contributed by atoms with Gasteiger partial charge in [-0.15, -0.1) is 11.3 Å². The molecule has 1 N–H and O–H groups in total. The van der Waals surface area contributed by atoms with Crippen molar-refractivity contribution in [2.24, 2.45) is 5.92 Å². The Morgan fingerprint density at radius 1 is 1.50 bits per heavy atom. The van der Waals surface area contributed by atoms with E-state index in [4.69, 9.17) is 5.26 Å². The van der Waals surface area contributed by atoms with Crippen molar-refractivity contribution in [3.05, 3.63) is 11.1 Å². The predicted octanol–water partition coefficient (Wildman–Crippen LogP) is 2.63. The fourth-order valence-corrected chi connectivity index (χ4v) is 2.38. The number of aromatic nitrogens is 1. The van der Waals surface area contributed by atoms with E-state index in [1.165, 1.54) is 0 Å². The number of rotatable bonds is 7. The quantitative estimate of drug-likeness (QED) is 0.824. The Bertz CT molecular complexity index is 394. The standard InChI is InChI=1S/C13H22N4S/c1-10(2)7-15-8-12-9-18-13(16-12)17(4)11(3)5-6-14/h9-11,15H,5,7-8H2,1-4H3. The Morgan fingerprint density at radius 2 is 2.22 bits per heavy atom. The molecule has 0 bridgehead atoms. The number of nitrogens with zero attached hydrogens (tertiary/aromatic N) is 3. The Hall–Kier alpha value is -1.12. The molecule has 100 valence electrons. The number of nitriles is 1. The number of anilines is 1. The van der Waals surface area contributed by atoms with Crippen LogP contribution in [-0.2, 0) is 6.54 Å². The van der Waals surface area contributed by atoms with Crippen molar-refractivity contribution in [3.8, 4) is 6.07 Å². The lowest BCUT2D eigenvalue weighted by molar-refractivity contribution is 0.549. The number of hydrogen-bond acceptors (Lipinski definition) is 5. The van der Waals surface area contributed by atoms with Crippen molar-refractivity contribution < 1.29 is 0 Å². The first-order chi connectivity index (χ1) is 8.54. The molecule has 0 fully saturated rings. The summed E-state index contributed by atoms with van der Waals surface area (Å²) in [5.41, 5.74) is 1.08. The van der Waals surface area contributed by atoms with Gasteiger partial charge in [0.15, 0.2) is 5.13 Å².